The zero-order valence-corrected chi connectivity index (χ0v) is 21.3. The van der Waals surface area contributed by atoms with E-state index in [4.69, 9.17) is 0 Å². The van der Waals surface area contributed by atoms with Gasteiger partial charge < -0.3 is 0 Å². The molecule has 0 bridgehead atoms. The number of rotatable bonds is 6. The third kappa shape index (κ3) is 4.33. The van der Waals surface area contributed by atoms with E-state index in [-0.39, 0.29) is 10.7 Å². The molecule has 3 rings (SSSR count). The summed E-state index contributed by atoms with van der Waals surface area (Å²) in [6.45, 7) is 0. The summed E-state index contributed by atoms with van der Waals surface area (Å²) in [5.41, 5.74) is -12.7. The van der Waals surface area contributed by atoms with Crippen LogP contribution < -0.4 is 10.7 Å². The van der Waals surface area contributed by atoms with E-state index in [1.165, 1.54) is 54.6 Å². The van der Waals surface area contributed by atoms with E-state index in [9.17, 15) is 43.2 Å². The Balaban J connectivity index is 2.69. The van der Waals surface area contributed by atoms with Gasteiger partial charge in [0.2, 0.25) is 0 Å². The van der Waals surface area contributed by atoms with E-state index in [0.717, 1.165) is 36.4 Å². The Labute approximate surface area is 196 Å². The normalized spacial score (nSPS) is 13.7. The fraction of sp³-hybridized carbons (Fsp3) is 0.100. The van der Waals surface area contributed by atoms with E-state index >= 15 is 0 Å². The summed E-state index contributed by atoms with van der Waals surface area (Å²) in [5, 5.41) is 0. The minimum atomic E-state index is -7.06. The first-order valence-corrected chi connectivity index (χ1v) is 17.7. The van der Waals surface area contributed by atoms with Gasteiger partial charge in [-0.3, -0.25) is 0 Å². The van der Waals surface area contributed by atoms with Crippen LogP contribution in [0.3, 0.4) is 0 Å². The molecular formula is C20H15F6NO4S2Sn. The van der Waals surface area contributed by atoms with E-state index in [1.807, 2.05) is 0 Å². The zero-order chi connectivity index (χ0) is 25.4. The average Bonchev–Trinajstić information content (AvgIpc) is 2.77. The first-order chi connectivity index (χ1) is 15.7. The zero-order valence-electron chi connectivity index (χ0n) is 16.8. The monoisotopic (exact) mass is 631 g/mol. The molecule has 0 aromatic heterocycles. The summed E-state index contributed by atoms with van der Waals surface area (Å²) in [6.07, 6.45) is 0. The summed E-state index contributed by atoms with van der Waals surface area (Å²) < 4.78 is 132. The van der Waals surface area contributed by atoms with Crippen LogP contribution in [-0.2, 0) is 20.0 Å². The Morgan fingerprint density at radius 1 is 0.500 bits per heavy atom. The van der Waals surface area contributed by atoms with Crippen molar-refractivity contribution in [2.24, 2.45) is 0 Å². The Hall–Kier alpha value is -2.10. The Kier molecular flexibility index (Phi) is 7.14. The molecule has 0 saturated carbocycles. The number of halogens is 6. The molecule has 0 atom stereocenters. The van der Waals surface area contributed by atoms with Gasteiger partial charge in [0.15, 0.2) is 0 Å². The van der Waals surface area contributed by atoms with Crippen molar-refractivity contribution in [3.8, 4) is 0 Å². The van der Waals surface area contributed by atoms with Crippen molar-refractivity contribution in [2.75, 3.05) is 0 Å². The number of hydrogen-bond donors (Lipinski definition) is 0. The van der Waals surface area contributed by atoms with Gasteiger partial charge in [0.05, 0.1) is 0 Å². The fourth-order valence-corrected chi connectivity index (χ4v) is 28.8. The summed E-state index contributed by atoms with van der Waals surface area (Å²) in [6, 6.07) is 18.8. The van der Waals surface area contributed by atoms with Gasteiger partial charge >= 0.3 is 197 Å². The van der Waals surface area contributed by atoms with Crippen LogP contribution in [0, 0.1) is 0 Å². The molecule has 0 spiro atoms. The van der Waals surface area contributed by atoms with Gasteiger partial charge in [0.1, 0.15) is 0 Å². The van der Waals surface area contributed by atoms with E-state index in [0.29, 0.717) is 0 Å². The van der Waals surface area contributed by atoms with Crippen LogP contribution in [0.1, 0.15) is 0 Å². The second kappa shape index (κ2) is 9.16. The molecule has 3 aromatic rings. The molecule has 182 valence electrons. The maximum absolute atomic E-state index is 13.9. The predicted octanol–water partition coefficient (Wildman–Crippen LogP) is 2.65. The summed E-state index contributed by atoms with van der Waals surface area (Å²) in [5.74, 6) is 0. The summed E-state index contributed by atoms with van der Waals surface area (Å²) in [7, 11) is -14.1. The van der Waals surface area contributed by atoms with E-state index in [2.05, 4.69) is 0 Å². The maximum atomic E-state index is 13.9. The topological polar surface area (TPSA) is 71.5 Å². The number of sulfonamides is 2. The first-order valence-electron chi connectivity index (χ1n) is 9.28. The Morgan fingerprint density at radius 3 is 0.941 bits per heavy atom. The molecule has 3 aromatic carbocycles. The molecule has 0 aliphatic carbocycles. The van der Waals surface area contributed by atoms with Crippen LogP contribution in [0.2, 0.25) is 0 Å². The van der Waals surface area contributed by atoms with Gasteiger partial charge in [0, 0.05) is 0 Å². The predicted molar refractivity (Wildman–Crippen MR) is 116 cm³/mol. The number of benzene rings is 3. The number of hydrogen-bond acceptors (Lipinski definition) is 4. The molecule has 5 nitrogen and oxygen atoms in total. The fourth-order valence-electron chi connectivity index (χ4n) is 3.53. The molecule has 0 amide bonds. The Bertz CT molecular complexity index is 1210. The Morgan fingerprint density at radius 2 is 0.735 bits per heavy atom. The van der Waals surface area contributed by atoms with Crippen molar-refractivity contribution in [2.45, 2.75) is 11.0 Å². The first kappa shape index (κ1) is 26.5. The molecular weight excluding hydrogens is 615 g/mol. The van der Waals surface area contributed by atoms with E-state index < -0.39 is 51.6 Å². The molecule has 0 fully saturated rings. The molecule has 0 unspecified atom stereocenters. The third-order valence-electron chi connectivity index (χ3n) is 4.87. The molecule has 0 aliphatic heterocycles. The van der Waals surface area contributed by atoms with Crippen molar-refractivity contribution in [1.29, 1.82) is 0 Å². The van der Waals surface area contributed by atoms with Crippen molar-refractivity contribution in [3.63, 3.8) is 0 Å². The van der Waals surface area contributed by atoms with Crippen LogP contribution >= 0.6 is 0 Å². The second-order valence-corrected chi connectivity index (χ2v) is 22.8. The van der Waals surface area contributed by atoms with Crippen molar-refractivity contribution < 1.29 is 43.2 Å². The quantitative estimate of drug-likeness (QED) is 0.311. The van der Waals surface area contributed by atoms with Crippen LogP contribution in [0.25, 0.3) is 0 Å². The molecule has 14 heteroatoms. The van der Waals surface area contributed by atoms with Gasteiger partial charge in [-0.2, -0.15) is 0 Å². The number of alkyl halides is 6. The minimum absolute atomic E-state index is 0.255. The molecule has 0 saturated heterocycles. The van der Waals surface area contributed by atoms with Crippen LogP contribution in [0.15, 0.2) is 91.0 Å². The SMILES string of the molecule is O=S(=O)([N](S(=O)(=O)C(F)(F)F)[Sn]([c]1ccccc1)([c]1ccccc1)[c]1ccccc1)C(F)(F)F. The van der Waals surface area contributed by atoms with Crippen molar-refractivity contribution in [3.05, 3.63) is 91.0 Å². The second-order valence-electron chi connectivity index (χ2n) is 6.91. The van der Waals surface area contributed by atoms with Crippen molar-refractivity contribution in [1.82, 2.24) is 1.93 Å². The van der Waals surface area contributed by atoms with E-state index in [1.54, 1.807) is 0 Å². The average molecular weight is 630 g/mol. The standard InChI is InChI=1S/3C6H5.C2F6NO4S2.Sn/c3*1-2-4-6-5-3-1;3-1(4,5)14(10,11)9-15(12,13)2(6,7)8;/h3*1-5H;;/q;;;-1;+1. The third-order valence-corrected chi connectivity index (χ3v) is 27.5. The number of nitrogens with zero attached hydrogens (tertiary/aromatic N) is 1. The molecule has 34 heavy (non-hydrogen) atoms. The van der Waals surface area contributed by atoms with Crippen molar-refractivity contribution >= 4 is 49.4 Å². The molecule has 0 heterocycles. The summed E-state index contributed by atoms with van der Waals surface area (Å²) in [4.78, 5) is 0. The van der Waals surface area contributed by atoms with Gasteiger partial charge in [-0.1, -0.05) is 0 Å². The van der Waals surface area contributed by atoms with Crippen LogP contribution in [0.4, 0.5) is 26.3 Å². The van der Waals surface area contributed by atoms with Gasteiger partial charge in [-0.15, -0.1) is 0 Å². The molecule has 0 radical (unpaired) electrons. The molecule has 0 N–H and O–H groups in total. The van der Waals surface area contributed by atoms with Crippen LogP contribution in [-0.4, -0.2) is 48.4 Å². The van der Waals surface area contributed by atoms with Gasteiger partial charge in [-0.05, 0) is 0 Å². The molecule has 0 aliphatic rings. The van der Waals surface area contributed by atoms with Gasteiger partial charge in [0.25, 0.3) is 0 Å². The van der Waals surface area contributed by atoms with Crippen LogP contribution in [0.5, 0.6) is 0 Å². The van der Waals surface area contributed by atoms with Gasteiger partial charge in [-0.25, -0.2) is 0 Å². The summed E-state index contributed by atoms with van der Waals surface area (Å²) >= 11 is -6.46.